The molecule has 160 valence electrons. The standard InChI is InChI=1S/C22H17N5O3S2/c1-2-8-31-22-26-25-21(32-22)27-14-4-3-5-15(28)19(14)18(13(10-23)20(27)24)12-6-7-16-17(9-12)30-11-29-16/h1,6-7,9,18H,3-5,8,11,24H2. The molecule has 1 atom stereocenters. The third-order valence-electron chi connectivity index (χ3n) is 5.51. The Hall–Kier alpha value is -3.47. The smallest absolute Gasteiger partial charge is 0.231 e. The lowest BCUT2D eigenvalue weighted by Gasteiger charge is -2.38. The van der Waals surface area contributed by atoms with Gasteiger partial charge < -0.3 is 15.2 Å². The van der Waals surface area contributed by atoms with Crippen LogP contribution in [0.3, 0.4) is 0 Å². The van der Waals surface area contributed by atoms with Gasteiger partial charge in [0.05, 0.1) is 23.3 Å². The fraction of sp³-hybridized carbons (Fsp3) is 0.273. The first-order chi connectivity index (χ1) is 15.6. The number of nitriles is 1. The minimum absolute atomic E-state index is 0.00520. The van der Waals surface area contributed by atoms with Crippen LogP contribution in [-0.2, 0) is 4.79 Å². The SMILES string of the molecule is C#CCSc1nnc(N2C(N)=C(C#N)C(c3ccc4c(c3)OCO4)C3=C2CCCC3=O)s1. The number of Topliss-reactive ketones (excluding diaryl/α,β-unsaturated/α-hetero) is 1. The lowest BCUT2D eigenvalue weighted by atomic mass is 9.76. The number of thioether (sulfide) groups is 1. The van der Waals surface area contributed by atoms with Gasteiger partial charge in [0.15, 0.2) is 21.6 Å². The van der Waals surface area contributed by atoms with Gasteiger partial charge in [-0.25, -0.2) is 0 Å². The van der Waals surface area contributed by atoms with E-state index in [9.17, 15) is 10.1 Å². The molecule has 0 fully saturated rings. The number of benzene rings is 1. The minimum atomic E-state index is -0.572. The summed E-state index contributed by atoms with van der Waals surface area (Å²) in [6.07, 6.45) is 7.11. The number of carbonyl (C=O) groups is 1. The Kier molecular flexibility index (Phi) is 5.25. The summed E-state index contributed by atoms with van der Waals surface area (Å²) in [6, 6.07) is 7.71. The van der Waals surface area contributed by atoms with Gasteiger partial charge in [-0.15, -0.1) is 16.6 Å². The first-order valence-corrected chi connectivity index (χ1v) is 11.7. The molecule has 2 aromatic rings. The fourth-order valence-corrected chi connectivity index (χ4v) is 5.75. The summed E-state index contributed by atoms with van der Waals surface area (Å²) in [4.78, 5) is 14.9. The van der Waals surface area contributed by atoms with Crippen LogP contribution < -0.4 is 20.1 Å². The number of ketones is 1. The monoisotopic (exact) mass is 463 g/mol. The second-order valence-electron chi connectivity index (χ2n) is 7.27. The van der Waals surface area contributed by atoms with E-state index in [1.807, 2.05) is 12.1 Å². The number of rotatable bonds is 4. The zero-order valence-corrected chi connectivity index (χ0v) is 18.5. The lowest BCUT2D eigenvalue weighted by molar-refractivity contribution is -0.116. The first-order valence-electron chi connectivity index (χ1n) is 9.87. The van der Waals surface area contributed by atoms with Gasteiger partial charge in [0, 0.05) is 17.7 Å². The third kappa shape index (κ3) is 3.29. The first kappa shape index (κ1) is 20.4. The van der Waals surface area contributed by atoms with Gasteiger partial charge >= 0.3 is 0 Å². The Labute approximate surface area is 192 Å². The van der Waals surface area contributed by atoms with Gasteiger partial charge in [-0.3, -0.25) is 9.69 Å². The van der Waals surface area contributed by atoms with E-state index in [0.29, 0.717) is 57.1 Å². The number of fused-ring (bicyclic) bond motifs is 1. The Bertz CT molecular complexity index is 1270. The molecule has 1 aromatic heterocycles. The number of hydrogen-bond donors (Lipinski definition) is 1. The van der Waals surface area contributed by atoms with Gasteiger partial charge in [-0.05, 0) is 30.5 Å². The number of ether oxygens (including phenoxy) is 2. The number of allylic oxidation sites excluding steroid dienone is 3. The molecule has 3 heterocycles. The number of terminal acetylenes is 1. The van der Waals surface area contributed by atoms with Crippen molar-refractivity contribution in [1.29, 1.82) is 5.26 Å². The molecular formula is C22H17N5O3S2. The molecule has 0 bridgehead atoms. The van der Waals surface area contributed by atoms with E-state index >= 15 is 0 Å². The Morgan fingerprint density at radius 3 is 2.97 bits per heavy atom. The predicted molar refractivity (Wildman–Crippen MR) is 120 cm³/mol. The molecular weight excluding hydrogens is 446 g/mol. The summed E-state index contributed by atoms with van der Waals surface area (Å²) in [6.45, 7) is 0.143. The molecule has 3 aliphatic rings. The van der Waals surface area contributed by atoms with Crippen molar-refractivity contribution >= 4 is 34.0 Å². The number of nitrogens with two attached hydrogens (primary N) is 1. The van der Waals surface area contributed by atoms with E-state index in [4.69, 9.17) is 21.6 Å². The molecule has 2 aliphatic heterocycles. The highest BCUT2D eigenvalue weighted by Crippen LogP contribution is 2.48. The van der Waals surface area contributed by atoms with Crippen LogP contribution in [0.4, 0.5) is 5.13 Å². The normalized spacial score (nSPS) is 19.6. The summed E-state index contributed by atoms with van der Waals surface area (Å²) < 4.78 is 11.6. The molecule has 2 N–H and O–H groups in total. The Morgan fingerprint density at radius 2 is 2.16 bits per heavy atom. The molecule has 0 saturated heterocycles. The van der Waals surface area contributed by atoms with Gasteiger partial charge in [-0.1, -0.05) is 35.1 Å². The summed E-state index contributed by atoms with van der Waals surface area (Å²) >= 11 is 2.73. The molecule has 8 nitrogen and oxygen atoms in total. The summed E-state index contributed by atoms with van der Waals surface area (Å²) in [5.74, 6) is 3.95. The van der Waals surface area contributed by atoms with E-state index in [-0.39, 0.29) is 18.4 Å². The largest absolute Gasteiger partial charge is 0.454 e. The van der Waals surface area contributed by atoms with Gasteiger partial charge in [0.2, 0.25) is 11.9 Å². The highest BCUT2D eigenvalue weighted by molar-refractivity contribution is 8.01. The molecule has 5 rings (SSSR count). The van der Waals surface area contributed by atoms with Crippen molar-refractivity contribution in [3.63, 3.8) is 0 Å². The van der Waals surface area contributed by atoms with E-state index in [2.05, 4.69) is 22.2 Å². The van der Waals surface area contributed by atoms with Gasteiger partial charge in [-0.2, -0.15) is 5.26 Å². The number of anilines is 1. The second kappa shape index (κ2) is 8.23. The minimum Gasteiger partial charge on any atom is -0.454 e. The van der Waals surface area contributed by atoms with E-state index < -0.39 is 5.92 Å². The number of carbonyl (C=O) groups excluding carboxylic acids is 1. The lowest BCUT2D eigenvalue weighted by Crippen LogP contribution is -2.38. The number of hydrogen-bond acceptors (Lipinski definition) is 10. The second-order valence-corrected chi connectivity index (χ2v) is 9.45. The van der Waals surface area contributed by atoms with Crippen molar-refractivity contribution in [3.05, 3.63) is 46.4 Å². The molecule has 1 unspecified atom stereocenters. The van der Waals surface area contributed by atoms with Crippen molar-refractivity contribution in [3.8, 4) is 29.9 Å². The van der Waals surface area contributed by atoms with E-state index in [0.717, 1.165) is 11.3 Å². The maximum atomic E-state index is 13.2. The van der Waals surface area contributed by atoms with Crippen LogP contribution in [0.15, 0.2) is 45.2 Å². The maximum Gasteiger partial charge on any atom is 0.231 e. The molecule has 10 heteroatoms. The van der Waals surface area contributed by atoms with Gasteiger partial charge in [0.1, 0.15) is 5.82 Å². The quantitative estimate of drug-likeness (QED) is 0.539. The molecule has 1 aromatic carbocycles. The Balaban J connectivity index is 1.65. The average molecular weight is 464 g/mol. The highest BCUT2D eigenvalue weighted by Gasteiger charge is 2.41. The average Bonchev–Trinajstić information content (AvgIpc) is 3.46. The summed E-state index contributed by atoms with van der Waals surface area (Å²) in [5, 5.41) is 19.1. The van der Waals surface area contributed by atoms with Crippen LogP contribution in [0, 0.1) is 23.7 Å². The van der Waals surface area contributed by atoms with Crippen LogP contribution in [0.1, 0.15) is 30.7 Å². The molecule has 1 aliphatic carbocycles. The summed E-state index contributed by atoms with van der Waals surface area (Å²) in [7, 11) is 0. The van der Waals surface area contributed by atoms with Crippen molar-refractivity contribution in [2.24, 2.45) is 5.73 Å². The van der Waals surface area contributed by atoms with Crippen molar-refractivity contribution in [1.82, 2.24) is 10.2 Å². The Morgan fingerprint density at radius 1 is 1.31 bits per heavy atom. The summed E-state index contributed by atoms with van der Waals surface area (Å²) in [5.41, 5.74) is 8.96. The van der Waals surface area contributed by atoms with E-state index in [1.165, 1.54) is 23.1 Å². The zero-order chi connectivity index (χ0) is 22.2. The molecule has 32 heavy (non-hydrogen) atoms. The topological polar surface area (TPSA) is 114 Å². The number of nitrogens with zero attached hydrogens (tertiary/aromatic N) is 4. The van der Waals surface area contributed by atoms with E-state index in [1.54, 1.807) is 11.0 Å². The third-order valence-corrected chi connectivity index (χ3v) is 7.46. The molecule has 0 spiro atoms. The molecule has 0 radical (unpaired) electrons. The van der Waals surface area contributed by atoms with Gasteiger partial charge in [0.25, 0.3) is 0 Å². The van der Waals surface area contributed by atoms with Crippen LogP contribution in [0.5, 0.6) is 11.5 Å². The van der Waals surface area contributed by atoms with Crippen molar-refractivity contribution < 1.29 is 14.3 Å². The molecule has 0 amide bonds. The zero-order valence-electron chi connectivity index (χ0n) is 16.8. The maximum absolute atomic E-state index is 13.2. The van der Waals surface area contributed by atoms with Crippen molar-refractivity contribution in [2.75, 3.05) is 17.4 Å². The fourth-order valence-electron chi connectivity index (χ4n) is 4.19. The van der Waals surface area contributed by atoms with Crippen molar-refractivity contribution in [2.45, 2.75) is 29.5 Å². The van der Waals surface area contributed by atoms with Crippen LogP contribution >= 0.6 is 23.1 Å². The van der Waals surface area contributed by atoms with Crippen LogP contribution in [0.25, 0.3) is 0 Å². The van der Waals surface area contributed by atoms with Crippen LogP contribution in [-0.4, -0.2) is 28.5 Å². The number of aromatic nitrogens is 2. The van der Waals surface area contributed by atoms with Crippen LogP contribution in [0.2, 0.25) is 0 Å². The molecule has 0 saturated carbocycles. The highest BCUT2D eigenvalue weighted by atomic mass is 32.2. The predicted octanol–water partition coefficient (Wildman–Crippen LogP) is 3.30.